The van der Waals surface area contributed by atoms with E-state index < -0.39 is 11.9 Å². The Morgan fingerprint density at radius 2 is 1.82 bits per heavy atom. The summed E-state index contributed by atoms with van der Waals surface area (Å²) in [5, 5.41) is 21.8. The van der Waals surface area contributed by atoms with E-state index >= 15 is 0 Å². The van der Waals surface area contributed by atoms with Crippen molar-refractivity contribution in [3.05, 3.63) is 53.3 Å². The lowest BCUT2D eigenvalue weighted by molar-refractivity contribution is -0.143. The second-order valence-electron chi connectivity index (χ2n) is 8.06. The molecule has 1 aromatic carbocycles. The number of benzene rings is 1. The van der Waals surface area contributed by atoms with E-state index in [4.69, 9.17) is 4.98 Å². The number of carbonyl (C=O) groups excluding carboxylic acids is 1. The first kappa shape index (κ1) is 22.4. The van der Waals surface area contributed by atoms with E-state index in [0.29, 0.717) is 42.3 Å². The average molecular weight is 462 g/mol. The maximum atomic E-state index is 12.8. The van der Waals surface area contributed by atoms with Crippen LogP contribution in [0.15, 0.2) is 36.4 Å². The minimum atomic E-state index is -0.813. The van der Waals surface area contributed by atoms with Crippen molar-refractivity contribution in [2.45, 2.75) is 26.7 Å². The van der Waals surface area contributed by atoms with E-state index in [2.05, 4.69) is 16.4 Å². The fraction of sp³-hybridized carbons (Fsp3) is 0.292. The maximum absolute atomic E-state index is 12.8. The maximum Gasteiger partial charge on any atom is 0.323 e. The van der Waals surface area contributed by atoms with Gasteiger partial charge >= 0.3 is 12.0 Å². The van der Waals surface area contributed by atoms with Crippen LogP contribution < -0.4 is 5.32 Å². The number of carbonyl (C=O) groups is 2. The molecule has 0 saturated carbocycles. The third kappa shape index (κ3) is 5.02. The molecule has 168 valence electrons. The molecule has 1 aliphatic heterocycles. The van der Waals surface area contributed by atoms with Crippen LogP contribution in [-0.4, -0.2) is 45.1 Å². The summed E-state index contributed by atoms with van der Waals surface area (Å²) in [6, 6.07) is 13.0. The van der Waals surface area contributed by atoms with E-state index in [9.17, 15) is 20.0 Å². The number of thiazole rings is 1. The number of piperidine rings is 1. The molecule has 0 spiro atoms. The van der Waals surface area contributed by atoms with Gasteiger partial charge in [0.15, 0.2) is 5.13 Å². The van der Waals surface area contributed by atoms with Gasteiger partial charge in [0.1, 0.15) is 0 Å². The Bertz CT molecular complexity index is 1230. The van der Waals surface area contributed by atoms with Gasteiger partial charge in [0.25, 0.3) is 0 Å². The highest BCUT2D eigenvalue weighted by Gasteiger charge is 2.27. The zero-order valence-corrected chi connectivity index (χ0v) is 19.1. The van der Waals surface area contributed by atoms with Crippen molar-refractivity contribution in [3.8, 4) is 27.8 Å². The zero-order valence-electron chi connectivity index (χ0n) is 18.3. The molecule has 0 unspecified atom stereocenters. The Kier molecular flexibility index (Phi) is 6.38. The van der Waals surface area contributed by atoms with Crippen LogP contribution in [0.3, 0.4) is 0 Å². The lowest BCUT2D eigenvalue weighted by atomic mass is 9.97. The van der Waals surface area contributed by atoms with Crippen molar-refractivity contribution in [2.24, 2.45) is 5.92 Å². The third-order valence-corrected chi connectivity index (χ3v) is 6.60. The van der Waals surface area contributed by atoms with Crippen LogP contribution in [0.4, 0.5) is 9.93 Å². The predicted octanol–water partition coefficient (Wildman–Crippen LogP) is 4.69. The van der Waals surface area contributed by atoms with Crippen molar-refractivity contribution in [3.63, 3.8) is 0 Å². The Balaban J connectivity index is 1.66. The highest BCUT2D eigenvalue weighted by molar-refractivity contribution is 7.19. The van der Waals surface area contributed by atoms with E-state index in [1.165, 1.54) is 11.3 Å². The number of anilines is 1. The molecule has 2 aromatic heterocycles. The van der Waals surface area contributed by atoms with Crippen LogP contribution in [0.1, 0.15) is 29.8 Å². The van der Waals surface area contributed by atoms with Crippen molar-refractivity contribution in [1.82, 2.24) is 14.9 Å². The number of carboxylic acids is 1. The largest absolute Gasteiger partial charge is 0.481 e. The van der Waals surface area contributed by atoms with Gasteiger partial charge in [-0.2, -0.15) is 5.26 Å². The molecule has 9 heteroatoms. The number of likely N-dealkylation sites (tertiary alicyclic amines) is 1. The number of aromatic nitrogens is 2. The van der Waals surface area contributed by atoms with Gasteiger partial charge in [-0.05, 0) is 56.5 Å². The number of hydrogen-bond acceptors (Lipinski definition) is 6. The monoisotopic (exact) mass is 461 g/mol. The number of nitrogens with one attached hydrogen (secondary N) is 1. The van der Waals surface area contributed by atoms with E-state index in [0.717, 1.165) is 27.4 Å². The molecule has 33 heavy (non-hydrogen) atoms. The van der Waals surface area contributed by atoms with Crippen LogP contribution in [-0.2, 0) is 4.79 Å². The third-order valence-electron chi connectivity index (χ3n) is 5.58. The highest BCUT2D eigenvalue weighted by atomic mass is 32.1. The van der Waals surface area contributed by atoms with E-state index in [1.807, 2.05) is 38.1 Å². The van der Waals surface area contributed by atoms with Gasteiger partial charge in [0.2, 0.25) is 0 Å². The number of aliphatic carboxylic acids is 1. The molecule has 0 atom stereocenters. The summed E-state index contributed by atoms with van der Waals surface area (Å²) >= 11 is 1.36. The highest BCUT2D eigenvalue weighted by Crippen LogP contribution is 2.39. The number of pyridine rings is 1. The van der Waals surface area contributed by atoms with Crippen molar-refractivity contribution < 1.29 is 14.7 Å². The normalized spacial score (nSPS) is 14.0. The number of nitrogens with zero attached hydrogens (tertiary/aromatic N) is 4. The van der Waals surface area contributed by atoms with Gasteiger partial charge in [0, 0.05) is 30.0 Å². The Morgan fingerprint density at radius 3 is 2.45 bits per heavy atom. The number of nitriles is 1. The number of hydrogen-bond donors (Lipinski definition) is 2. The molecular weight excluding hydrogens is 438 g/mol. The number of rotatable bonds is 4. The molecule has 3 aromatic rings. The topological polar surface area (TPSA) is 119 Å². The Morgan fingerprint density at radius 1 is 1.12 bits per heavy atom. The van der Waals surface area contributed by atoms with Crippen LogP contribution in [0.25, 0.3) is 21.7 Å². The second kappa shape index (κ2) is 9.38. The standard InChI is InChI=1S/C24H23N5O3S/c1-14-10-19(11-15(2)26-14)21-20(18-5-3-4-16(12-18)13-25)27-23(33-21)28-24(32)29-8-6-17(7-9-29)22(30)31/h3-5,10-12,17H,6-9H2,1-2H3,(H,30,31)(H,27,28,32). The van der Waals surface area contributed by atoms with Gasteiger partial charge in [-0.1, -0.05) is 23.5 Å². The molecule has 3 heterocycles. The van der Waals surface area contributed by atoms with E-state index in [1.54, 1.807) is 17.0 Å². The average Bonchev–Trinajstić information content (AvgIpc) is 3.22. The SMILES string of the molecule is Cc1cc(-c2sc(NC(=O)N3CCC(C(=O)O)CC3)nc2-c2cccc(C#N)c2)cc(C)n1. The first-order chi connectivity index (χ1) is 15.8. The van der Waals surface area contributed by atoms with Gasteiger partial charge in [0.05, 0.1) is 28.1 Å². The molecule has 1 saturated heterocycles. The molecule has 1 fully saturated rings. The summed E-state index contributed by atoms with van der Waals surface area (Å²) in [6.07, 6.45) is 0.876. The molecular formula is C24H23N5O3S. The molecule has 4 rings (SSSR count). The van der Waals surface area contributed by atoms with Gasteiger partial charge in [-0.25, -0.2) is 9.78 Å². The minimum Gasteiger partial charge on any atom is -0.481 e. The van der Waals surface area contributed by atoms with Crippen LogP contribution in [0, 0.1) is 31.1 Å². The summed E-state index contributed by atoms with van der Waals surface area (Å²) in [5.41, 5.74) is 4.69. The predicted molar refractivity (Wildman–Crippen MR) is 126 cm³/mol. The molecule has 0 aliphatic carbocycles. The molecule has 2 N–H and O–H groups in total. The first-order valence-corrected chi connectivity index (χ1v) is 11.4. The molecule has 8 nitrogen and oxygen atoms in total. The smallest absolute Gasteiger partial charge is 0.323 e. The number of amides is 2. The molecule has 0 radical (unpaired) electrons. The lowest BCUT2D eigenvalue weighted by Gasteiger charge is -2.29. The Labute approximate surface area is 195 Å². The lowest BCUT2D eigenvalue weighted by Crippen LogP contribution is -2.42. The molecule has 2 amide bonds. The van der Waals surface area contributed by atoms with Crippen LogP contribution in [0.5, 0.6) is 0 Å². The van der Waals surface area contributed by atoms with Gasteiger partial charge in [-0.3, -0.25) is 15.1 Å². The van der Waals surface area contributed by atoms with Crippen molar-refractivity contribution in [2.75, 3.05) is 18.4 Å². The van der Waals surface area contributed by atoms with E-state index in [-0.39, 0.29) is 6.03 Å². The summed E-state index contributed by atoms with van der Waals surface area (Å²) in [6.45, 7) is 4.63. The van der Waals surface area contributed by atoms with Gasteiger partial charge in [-0.15, -0.1) is 0 Å². The van der Waals surface area contributed by atoms with Crippen LogP contribution in [0.2, 0.25) is 0 Å². The zero-order chi connectivity index (χ0) is 23.5. The fourth-order valence-corrected chi connectivity index (χ4v) is 4.93. The first-order valence-electron chi connectivity index (χ1n) is 10.6. The minimum absolute atomic E-state index is 0.293. The summed E-state index contributed by atoms with van der Waals surface area (Å²) in [7, 11) is 0. The Hall–Kier alpha value is -3.77. The fourth-order valence-electron chi connectivity index (χ4n) is 3.97. The summed E-state index contributed by atoms with van der Waals surface area (Å²) in [4.78, 5) is 35.6. The van der Waals surface area contributed by atoms with Gasteiger partial charge < -0.3 is 10.0 Å². The van der Waals surface area contributed by atoms with Crippen molar-refractivity contribution >= 4 is 28.5 Å². The quantitative estimate of drug-likeness (QED) is 0.582. The van der Waals surface area contributed by atoms with Crippen LogP contribution >= 0.6 is 11.3 Å². The number of carboxylic acid groups (broad SMARTS) is 1. The number of urea groups is 1. The second-order valence-corrected chi connectivity index (χ2v) is 9.06. The number of aryl methyl sites for hydroxylation is 2. The molecule has 0 bridgehead atoms. The summed E-state index contributed by atoms with van der Waals surface area (Å²) in [5.74, 6) is -1.22. The molecule has 1 aliphatic rings. The summed E-state index contributed by atoms with van der Waals surface area (Å²) < 4.78 is 0. The van der Waals surface area contributed by atoms with Crippen molar-refractivity contribution in [1.29, 1.82) is 5.26 Å².